The van der Waals surface area contributed by atoms with Gasteiger partial charge < -0.3 is 8.98 Å². The fraction of sp³-hybridized carbons (Fsp3) is 0. The lowest BCUT2D eigenvalue weighted by Crippen LogP contribution is -1.94. The van der Waals surface area contributed by atoms with Crippen molar-refractivity contribution >= 4 is 65.3 Å². The van der Waals surface area contributed by atoms with Gasteiger partial charge >= 0.3 is 0 Å². The van der Waals surface area contributed by atoms with Crippen LogP contribution in [-0.2, 0) is 0 Å². The molecule has 0 unspecified atom stereocenters. The van der Waals surface area contributed by atoms with Crippen LogP contribution in [0.1, 0.15) is 0 Å². The minimum atomic E-state index is 0.923. The minimum Gasteiger partial charge on any atom is -0.455 e. The first kappa shape index (κ1) is 21.6. The Labute approximate surface area is 230 Å². The molecule has 0 bridgehead atoms. The van der Waals surface area contributed by atoms with Crippen molar-refractivity contribution in [2.45, 2.75) is 0 Å². The van der Waals surface area contributed by atoms with Crippen LogP contribution in [0.2, 0.25) is 0 Å². The zero-order chi connectivity index (χ0) is 26.2. The summed E-state index contributed by atoms with van der Waals surface area (Å²) in [6.45, 7) is 0. The number of hydrogen-bond acceptors (Lipinski definition) is 1. The highest BCUT2D eigenvalue weighted by molar-refractivity contribution is 6.28. The zero-order valence-corrected chi connectivity index (χ0v) is 21.6. The van der Waals surface area contributed by atoms with Crippen LogP contribution in [0.15, 0.2) is 144 Å². The number of fused-ring (bicyclic) bond motifs is 10. The molecule has 2 nitrogen and oxygen atoms in total. The minimum absolute atomic E-state index is 0.923. The van der Waals surface area contributed by atoms with E-state index in [1.54, 1.807) is 0 Å². The second-order valence-corrected chi connectivity index (χ2v) is 10.5. The molecule has 0 amide bonds. The standard InChI is InChI=1S/C38H23NO/c1-3-10-28-24(8-1)18-22-33-36(28)37-29-11-4-2-9-25(29)19-23-34(37)39(33)27-20-16-26(17-21-27)30-13-7-14-32-31-12-5-6-15-35(31)40-38(30)32/h1-23H. The lowest BCUT2D eigenvalue weighted by molar-refractivity contribution is 0.670. The van der Waals surface area contributed by atoms with E-state index in [4.69, 9.17) is 4.42 Å². The van der Waals surface area contributed by atoms with Gasteiger partial charge in [0.05, 0.1) is 11.0 Å². The molecule has 0 spiro atoms. The quantitative estimate of drug-likeness (QED) is 0.227. The third-order valence-corrected chi connectivity index (χ3v) is 8.39. The molecule has 0 aliphatic carbocycles. The Morgan fingerprint density at radius 1 is 0.425 bits per heavy atom. The van der Waals surface area contributed by atoms with Crippen molar-refractivity contribution in [3.05, 3.63) is 140 Å². The average Bonchev–Trinajstić information content (AvgIpc) is 3.57. The van der Waals surface area contributed by atoms with Crippen molar-refractivity contribution in [3.63, 3.8) is 0 Å². The van der Waals surface area contributed by atoms with Gasteiger partial charge in [-0.05, 0) is 57.4 Å². The van der Waals surface area contributed by atoms with Crippen molar-refractivity contribution in [2.24, 2.45) is 0 Å². The third kappa shape index (κ3) is 2.93. The molecule has 2 aromatic heterocycles. The summed E-state index contributed by atoms with van der Waals surface area (Å²) < 4.78 is 8.74. The molecule has 0 aliphatic rings. The number of furan rings is 1. The van der Waals surface area contributed by atoms with E-state index in [1.807, 2.05) is 12.1 Å². The summed E-state index contributed by atoms with van der Waals surface area (Å²) >= 11 is 0. The van der Waals surface area contributed by atoms with Crippen molar-refractivity contribution in [1.29, 1.82) is 0 Å². The molecule has 186 valence electrons. The molecule has 0 aliphatic heterocycles. The monoisotopic (exact) mass is 509 g/mol. The highest BCUT2D eigenvalue weighted by Gasteiger charge is 2.17. The molecule has 0 saturated carbocycles. The maximum absolute atomic E-state index is 6.33. The van der Waals surface area contributed by atoms with E-state index in [0.717, 1.165) is 38.8 Å². The number of nitrogens with zero attached hydrogens (tertiary/aromatic N) is 1. The summed E-state index contributed by atoms with van der Waals surface area (Å²) in [5.74, 6) is 0. The van der Waals surface area contributed by atoms with Gasteiger partial charge in [0, 0.05) is 32.8 Å². The lowest BCUT2D eigenvalue weighted by Gasteiger charge is -2.10. The first-order valence-electron chi connectivity index (χ1n) is 13.7. The molecular weight excluding hydrogens is 486 g/mol. The van der Waals surface area contributed by atoms with Crippen molar-refractivity contribution < 1.29 is 4.42 Å². The first-order valence-corrected chi connectivity index (χ1v) is 13.7. The highest BCUT2D eigenvalue weighted by atomic mass is 16.3. The van der Waals surface area contributed by atoms with E-state index in [0.29, 0.717) is 0 Å². The van der Waals surface area contributed by atoms with Gasteiger partial charge in [-0.15, -0.1) is 0 Å². The van der Waals surface area contributed by atoms with E-state index in [1.165, 1.54) is 43.4 Å². The first-order chi connectivity index (χ1) is 19.8. The molecule has 40 heavy (non-hydrogen) atoms. The SMILES string of the molecule is c1ccc2c(c1)ccc1c2c2c3ccccc3ccc2n1-c1ccc(-c2cccc3c2oc2ccccc23)cc1. The van der Waals surface area contributed by atoms with Crippen LogP contribution < -0.4 is 0 Å². The molecule has 9 rings (SSSR count). The Kier molecular flexibility index (Phi) is 4.36. The Hall–Kier alpha value is -5.34. The van der Waals surface area contributed by atoms with Crippen LogP contribution in [0.5, 0.6) is 0 Å². The summed E-state index contributed by atoms with van der Waals surface area (Å²) in [5, 5.41) is 10.0. The second-order valence-electron chi connectivity index (χ2n) is 10.5. The van der Waals surface area contributed by atoms with Crippen LogP contribution in [0.25, 0.3) is 82.1 Å². The summed E-state index contributed by atoms with van der Waals surface area (Å²) in [5.41, 5.74) is 7.70. The summed E-state index contributed by atoms with van der Waals surface area (Å²) in [6.07, 6.45) is 0. The van der Waals surface area contributed by atoms with Crippen LogP contribution >= 0.6 is 0 Å². The number of rotatable bonds is 2. The van der Waals surface area contributed by atoms with Gasteiger partial charge in [0.1, 0.15) is 11.2 Å². The normalized spacial score (nSPS) is 12.0. The Balaban J connectivity index is 1.30. The largest absolute Gasteiger partial charge is 0.455 e. The molecule has 0 saturated heterocycles. The lowest BCUT2D eigenvalue weighted by atomic mass is 10.00. The maximum Gasteiger partial charge on any atom is 0.143 e. The fourth-order valence-electron chi connectivity index (χ4n) is 6.59. The van der Waals surface area contributed by atoms with Crippen LogP contribution in [0.3, 0.4) is 0 Å². The Morgan fingerprint density at radius 3 is 1.68 bits per heavy atom. The molecule has 2 heteroatoms. The topological polar surface area (TPSA) is 18.1 Å². The Morgan fingerprint density at radius 2 is 1.00 bits per heavy atom. The summed E-state index contributed by atoms with van der Waals surface area (Å²) in [7, 11) is 0. The van der Waals surface area contributed by atoms with Gasteiger partial charge in [-0.25, -0.2) is 0 Å². The van der Waals surface area contributed by atoms with Crippen molar-refractivity contribution in [1.82, 2.24) is 4.57 Å². The number of hydrogen-bond donors (Lipinski definition) is 0. The van der Waals surface area contributed by atoms with Gasteiger partial charge in [-0.1, -0.05) is 109 Å². The van der Waals surface area contributed by atoms with Gasteiger partial charge in [0.2, 0.25) is 0 Å². The summed E-state index contributed by atoms with van der Waals surface area (Å²) in [4.78, 5) is 0. The van der Waals surface area contributed by atoms with Crippen molar-refractivity contribution in [3.8, 4) is 16.8 Å². The predicted octanol–water partition coefficient (Wildman–Crippen LogP) is 10.7. The van der Waals surface area contributed by atoms with Crippen LogP contribution in [0, 0.1) is 0 Å². The van der Waals surface area contributed by atoms with E-state index in [2.05, 4.69) is 132 Å². The molecule has 0 N–H and O–H groups in total. The number of para-hydroxylation sites is 2. The van der Waals surface area contributed by atoms with E-state index >= 15 is 0 Å². The molecule has 0 fully saturated rings. The van der Waals surface area contributed by atoms with Crippen LogP contribution in [0.4, 0.5) is 0 Å². The van der Waals surface area contributed by atoms with Gasteiger partial charge in [0.25, 0.3) is 0 Å². The van der Waals surface area contributed by atoms with E-state index in [-0.39, 0.29) is 0 Å². The second kappa shape index (κ2) is 8.08. The molecule has 7 aromatic carbocycles. The molecular formula is C38H23NO. The average molecular weight is 510 g/mol. The van der Waals surface area contributed by atoms with Gasteiger partial charge in [0.15, 0.2) is 0 Å². The zero-order valence-electron chi connectivity index (χ0n) is 21.6. The predicted molar refractivity (Wildman–Crippen MR) is 169 cm³/mol. The molecule has 0 atom stereocenters. The van der Waals surface area contributed by atoms with Gasteiger partial charge in [-0.2, -0.15) is 0 Å². The number of aromatic nitrogens is 1. The molecule has 2 heterocycles. The highest BCUT2D eigenvalue weighted by Crippen LogP contribution is 2.41. The van der Waals surface area contributed by atoms with Crippen molar-refractivity contribution in [2.75, 3.05) is 0 Å². The summed E-state index contributed by atoms with van der Waals surface area (Å²) in [6, 6.07) is 50.0. The van der Waals surface area contributed by atoms with Crippen LogP contribution in [-0.4, -0.2) is 4.57 Å². The molecule has 9 aromatic rings. The Bertz CT molecular complexity index is 2330. The van der Waals surface area contributed by atoms with E-state index < -0.39 is 0 Å². The molecule has 0 radical (unpaired) electrons. The maximum atomic E-state index is 6.33. The van der Waals surface area contributed by atoms with Gasteiger partial charge in [-0.3, -0.25) is 0 Å². The fourth-order valence-corrected chi connectivity index (χ4v) is 6.59. The van der Waals surface area contributed by atoms with E-state index in [9.17, 15) is 0 Å². The smallest absolute Gasteiger partial charge is 0.143 e. The third-order valence-electron chi connectivity index (χ3n) is 8.39. The number of benzene rings is 7.